The highest BCUT2D eigenvalue weighted by atomic mass is 32.2. The molecule has 0 saturated carbocycles. The minimum Gasteiger partial charge on any atom is -0.381 e. The lowest BCUT2D eigenvalue weighted by Gasteiger charge is -2.25. The fourth-order valence-corrected chi connectivity index (χ4v) is 2.25. The molecule has 0 radical (unpaired) electrons. The Bertz CT molecular complexity index is 77.6. The first-order chi connectivity index (χ1) is 4.86. The maximum Gasteiger partial charge on any atom is 0.103 e. The summed E-state index contributed by atoms with van der Waals surface area (Å²) in [5, 5.41) is 0. The Balaban J connectivity index is 2.17. The highest BCUT2D eigenvalue weighted by Crippen LogP contribution is 2.26. The molecule has 1 rings (SSSR count). The van der Waals surface area contributed by atoms with E-state index in [1.807, 2.05) is 11.8 Å². The van der Waals surface area contributed by atoms with Crippen molar-refractivity contribution in [2.24, 2.45) is 0 Å². The van der Waals surface area contributed by atoms with Crippen molar-refractivity contribution in [2.45, 2.75) is 24.4 Å². The molecule has 0 N–H and O–H groups in total. The van der Waals surface area contributed by atoms with Crippen molar-refractivity contribution in [3.8, 4) is 0 Å². The Kier molecular flexibility index (Phi) is 3.52. The van der Waals surface area contributed by atoms with E-state index < -0.39 is 0 Å². The summed E-state index contributed by atoms with van der Waals surface area (Å²) in [6.07, 6.45) is 2.72. The normalized spacial score (nSPS) is 34.2. The molecule has 10 heavy (non-hydrogen) atoms. The second-order valence-corrected chi connectivity index (χ2v) is 3.63. The van der Waals surface area contributed by atoms with Gasteiger partial charge in [0.25, 0.3) is 0 Å². The number of rotatable bonds is 2. The molecule has 0 amide bonds. The lowest BCUT2D eigenvalue weighted by molar-refractivity contribution is 0.0839. The maximum absolute atomic E-state index is 5.21. The largest absolute Gasteiger partial charge is 0.381 e. The number of methoxy groups -OCH3 is 2. The van der Waals surface area contributed by atoms with Crippen LogP contribution in [0.25, 0.3) is 0 Å². The first kappa shape index (κ1) is 8.37. The third kappa shape index (κ3) is 2.15. The van der Waals surface area contributed by atoms with Gasteiger partial charge in [0.15, 0.2) is 0 Å². The minimum atomic E-state index is 0.409. The van der Waals surface area contributed by atoms with Crippen LogP contribution in [0.2, 0.25) is 0 Å². The SMILES string of the molecule is COC1CCC(OC)SC1. The lowest BCUT2D eigenvalue weighted by atomic mass is 10.2. The topological polar surface area (TPSA) is 18.5 Å². The van der Waals surface area contributed by atoms with Gasteiger partial charge in [-0.3, -0.25) is 0 Å². The Morgan fingerprint density at radius 1 is 1.20 bits per heavy atom. The van der Waals surface area contributed by atoms with Crippen molar-refractivity contribution in [2.75, 3.05) is 20.0 Å². The molecule has 3 heteroatoms. The Morgan fingerprint density at radius 2 is 2.00 bits per heavy atom. The van der Waals surface area contributed by atoms with Crippen LogP contribution in [0.3, 0.4) is 0 Å². The van der Waals surface area contributed by atoms with Gasteiger partial charge in [0.2, 0.25) is 0 Å². The fourth-order valence-electron chi connectivity index (χ4n) is 1.08. The van der Waals surface area contributed by atoms with Crippen molar-refractivity contribution < 1.29 is 9.47 Å². The number of thioether (sulfide) groups is 1. The van der Waals surface area contributed by atoms with Gasteiger partial charge in [-0.15, -0.1) is 11.8 Å². The Morgan fingerprint density at radius 3 is 2.40 bits per heavy atom. The molecule has 0 spiro atoms. The van der Waals surface area contributed by atoms with Gasteiger partial charge in [0.1, 0.15) is 5.44 Å². The van der Waals surface area contributed by atoms with Crippen molar-refractivity contribution in [1.29, 1.82) is 0 Å². The molecule has 2 unspecified atom stereocenters. The summed E-state index contributed by atoms with van der Waals surface area (Å²) < 4.78 is 10.4. The third-order valence-corrected chi connectivity index (χ3v) is 3.15. The number of hydrogen-bond acceptors (Lipinski definition) is 3. The first-order valence-corrected chi connectivity index (χ1v) is 4.59. The van der Waals surface area contributed by atoms with E-state index in [4.69, 9.17) is 9.47 Å². The average Bonchev–Trinajstić information content (AvgIpc) is 2.05. The quantitative estimate of drug-likeness (QED) is 0.613. The summed E-state index contributed by atoms with van der Waals surface area (Å²) in [7, 11) is 3.54. The summed E-state index contributed by atoms with van der Waals surface area (Å²) >= 11 is 1.85. The second kappa shape index (κ2) is 4.21. The van der Waals surface area contributed by atoms with Crippen LogP contribution in [0, 0.1) is 0 Å². The van der Waals surface area contributed by atoms with Gasteiger partial charge in [0.05, 0.1) is 6.10 Å². The van der Waals surface area contributed by atoms with E-state index in [1.54, 1.807) is 14.2 Å². The molecule has 1 fully saturated rings. The van der Waals surface area contributed by atoms with E-state index in [2.05, 4.69) is 0 Å². The van der Waals surface area contributed by atoms with E-state index >= 15 is 0 Å². The summed E-state index contributed by atoms with van der Waals surface area (Å²) in [4.78, 5) is 0. The van der Waals surface area contributed by atoms with Crippen LogP contribution in [-0.2, 0) is 9.47 Å². The smallest absolute Gasteiger partial charge is 0.103 e. The van der Waals surface area contributed by atoms with Gasteiger partial charge in [-0.05, 0) is 12.8 Å². The van der Waals surface area contributed by atoms with E-state index in [0.29, 0.717) is 11.5 Å². The molecular weight excluding hydrogens is 148 g/mol. The molecule has 1 aliphatic rings. The molecule has 1 heterocycles. The standard InChI is InChI=1S/C7H14O2S/c1-8-6-3-4-7(9-2)10-5-6/h6-7H,3-5H2,1-2H3. The van der Waals surface area contributed by atoms with Crippen LogP contribution < -0.4 is 0 Å². The molecule has 2 nitrogen and oxygen atoms in total. The molecular formula is C7H14O2S. The number of ether oxygens (including phenoxy) is 2. The van der Waals surface area contributed by atoms with Crippen molar-refractivity contribution in [1.82, 2.24) is 0 Å². The number of hydrogen-bond donors (Lipinski definition) is 0. The summed E-state index contributed by atoms with van der Waals surface area (Å²) in [5.74, 6) is 1.08. The minimum absolute atomic E-state index is 0.409. The first-order valence-electron chi connectivity index (χ1n) is 3.54. The van der Waals surface area contributed by atoms with Gasteiger partial charge in [-0.1, -0.05) is 0 Å². The van der Waals surface area contributed by atoms with Gasteiger partial charge in [0, 0.05) is 20.0 Å². The molecule has 0 aliphatic carbocycles. The summed E-state index contributed by atoms with van der Waals surface area (Å²) in [6.45, 7) is 0. The van der Waals surface area contributed by atoms with Crippen molar-refractivity contribution >= 4 is 11.8 Å². The summed E-state index contributed by atoms with van der Waals surface area (Å²) in [6, 6.07) is 0. The van der Waals surface area contributed by atoms with Crippen LogP contribution in [0.4, 0.5) is 0 Å². The molecule has 1 aliphatic heterocycles. The molecule has 60 valence electrons. The second-order valence-electron chi connectivity index (χ2n) is 2.43. The molecule has 0 aromatic rings. The highest BCUT2D eigenvalue weighted by Gasteiger charge is 2.20. The summed E-state index contributed by atoms with van der Waals surface area (Å²) in [5.41, 5.74) is 0.409. The van der Waals surface area contributed by atoms with E-state index in [0.717, 1.165) is 18.6 Å². The predicted octanol–water partition coefficient (Wildman–Crippen LogP) is 1.50. The van der Waals surface area contributed by atoms with Gasteiger partial charge in [-0.25, -0.2) is 0 Å². The van der Waals surface area contributed by atoms with Crippen molar-refractivity contribution in [3.05, 3.63) is 0 Å². The monoisotopic (exact) mass is 162 g/mol. The highest BCUT2D eigenvalue weighted by molar-refractivity contribution is 7.99. The average molecular weight is 162 g/mol. The van der Waals surface area contributed by atoms with E-state index in [9.17, 15) is 0 Å². The zero-order valence-corrected chi connectivity index (χ0v) is 7.32. The Labute approximate surface area is 66.3 Å². The third-order valence-electron chi connectivity index (χ3n) is 1.79. The van der Waals surface area contributed by atoms with Gasteiger partial charge in [-0.2, -0.15) is 0 Å². The lowest BCUT2D eigenvalue weighted by Crippen LogP contribution is -2.24. The van der Waals surface area contributed by atoms with Gasteiger partial charge >= 0.3 is 0 Å². The van der Waals surface area contributed by atoms with Crippen LogP contribution in [0.5, 0.6) is 0 Å². The van der Waals surface area contributed by atoms with E-state index in [-0.39, 0.29) is 0 Å². The fraction of sp³-hybridized carbons (Fsp3) is 1.00. The molecule has 0 aromatic heterocycles. The van der Waals surface area contributed by atoms with Crippen LogP contribution in [0.15, 0.2) is 0 Å². The Hall–Kier alpha value is 0.270. The zero-order chi connectivity index (χ0) is 7.40. The molecule has 0 aromatic carbocycles. The molecule has 1 saturated heterocycles. The van der Waals surface area contributed by atoms with E-state index in [1.165, 1.54) is 0 Å². The van der Waals surface area contributed by atoms with Crippen LogP contribution >= 0.6 is 11.8 Å². The predicted molar refractivity (Wildman–Crippen MR) is 43.3 cm³/mol. The molecule has 0 bridgehead atoms. The van der Waals surface area contributed by atoms with Crippen LogP contribution in [0.1, 0.15) is 12.8 Å². The zero-order valence-electron chi connectivity index (χ0n) is 6.50. The van der Waals surface area contributed by atoms with Crippen LogP contribution in [-0.4, -0.2) is 31.5 Å². The molecule has 2 atom stereocenters. The maximum atomic E-state index is 5.21. The van der Waals surface area contributed by atoms with Crippen molar-refractivity contribution in [3.63, 3.8) is 0 Å². The van der Waals surface area contributed by atoms with Gasteiger partial charge < -0.3 is 9.47 Å².